The average molecular weight is 368 g/mol. The van der Waals surface area contributed by atoms with Crippen LogP contribution in [0.2, 0.25) is 0 Å². The van der Waals surface area contributed by atoms with Gasteiger partial charge in [0.05, 0.1) is 20.3 Å². The highest BCUT2D eigenvalue weighted by molar-refractivity contribution is 7.86. The lowest BCUT2D eigenvalue weighted by molar-refractivity contribution is 0.253. The molecule has 1 aromatic rings. The van der Waals surface area contributed by atoms with Crippen LogP contribution in [0.3, 0.4) is 0 Å². The molecule has 0 spiro atoms. The zero-order valence-corrected chi connectivity index (χ0v) is 16.1. The fraction of sp³-hybridized carbons (Fsp3) is 0.667. The molecule has 6 nitrogen and oxygen atoms in total. The second kappa shape index (κ2) is 7.51. The van der Waals surface area contributed by atoms with E-state index in [4.69, 9.17) is 9.47 Å². The van der Waals surface area contributed by atoms with Crippen molar-refractivity contribution in [2.75, 3.05) is 33.9 Å². The van der Waals surface area contributed by atoms with E-state index in [2.05, 4.69) is 6.92 Å². The quantitative estimate of drug-likeness (QED) is 0.802. The summed E-state index contributed by atoms with van der Waals surface area (Å²) < 4.78 is 40.5. The van der Waals surface area contributed by atoms with Crippen LogP contribution in [0.25, 0.3) is 0 Å². The molecule has 0 radical (unpaired) electrons. The lowest BCUT2D eigenvalue weighted by Crippen LogP contribution is -2.47. The normalized spacial score (nSPS) is 25.9. The second-order valence-electron chi connectivity index (χ2n) is 6.99. The third-order valence-electron chi connectivity index (χ3n) is 5.25. The van der Waals surface area contributed by atoms with Gasteiger partial charge >= 0.3 is 0 Å². The molecule has 0 bridgehead atoms. The van der Waals surface area contributed by atoms with E-state index in [0.717, 1.165) is 31.2 Å². The summed E-state index contributed by atoms with van der Waals surface area (Å²) in [7, 11) is -0.234. The van der Waals surface area contributed by atoms with Crippen molar-refractivity contribution in [2.24, 2.45) is 5.92 Å². The zero-order valence-electron chi connectivity index (χ0n) is 15.3. The van der Waals surface area contributed by atoms with Crippen molar-refractivity contribution in [1.82, 2.24) is 8.61 Å². The first-order valence-electron chi connectivity index (χ1n) is 8.96. The van der Waals surface area contributed by atoms with E-state index in [0.29, 0.717) is 37.1 Å². The molecule has 2 heterocycles. The summed E-state index contributed by atoms with van der Waals surface area (Å²) in [4.78, 5) is 0. The Morgan fingerprint density at radius 2 is 1.84 bits per heavy atom. The molecule has 2 aliphatic rings. The Labute approximate surface area is 150 Å². The van der Waals surface area contributed by atoms with E-state index in [9.17, 15) is 8.42 Å². The third kappa shape index (κ3) is 3.64. The van der Waals surface area contributed by atoms with Crippen molar-refractivity contribution in [3.05, 3.63) is 23.8 Å². The van der Waals surface area contributed by atoms with Crippen LogP contribution in [0, 0.1) is 5.92 Å². The van der Waals surface area contributed by atoms with Crippen molar-refractivity contribution >= 4 is 10.2 Å². The second-order valence-corrected chi connectivity index (χ2v) is 8.87. The number of piperidine rings is 1. The number of rotatable bonds is 5. The lowest BCUT2D eigenvalue weighted by Gasteiger charge is -2.35. The summed E-state index contributed by atoms with van der Waals surface area (Å²) in [6.07, 6.45) is 3.71. The third-order valence-corrected chi connectivity index (χ3v) is 7.26. The first kappa shape index (κ1) is 18.5. The van der Waals surface area contributed by atoms with Gasteiger partial charge in [0.2, 0.25) is 0 Å². The highest BCUT2D eigenvalue weighted by Crippen LogP contribution is 2.41. The van der Waals surface area contributed by atoms with Gasteiger partial charge in [0, 0.05) is 31.3 Å². The van der Waals surface area contributed by atoms with Gasteiger partial charge in [-0.1, -0.05) is 13.0 Å². The topological polar surface area (TPSA) is 59.1 Å². The van der Waals surface area contributed by atoms with Gasteiger partial charge < -0.3 is 9.47 Å². The molecule has 2 atom stereocenters. The standard InChI is InChI=1S/C18H28N2O4S/c1-14-6-4-10-19(13-14)25(21,22)20-11-5-7-17(20)16-9-8-15(23-2)12-18(16)24-3/h8-9,12,14,17H,4-7,10-11,13H2,1-3H3/t14-,17+/m1/s1. The Hall–Kier alpha value is -1.31. The molecule has 0 aromatic heterocycles. The maximum Gasteiger partial charge on any atom is 0.282 e. The maximum absolute atomic E-state index is 13.2. The van der Waals surface area contributed by atoms with Crippen LogP contribution >= 0.6 is 0 Å². The predicted octanol–water partition coefficient (Wildman–Crippen LogP) is 2.82. The van der Waals surface area contributed by atoms with Crippen molar-refractivity contribution in [1.29, 1.82) is 0 Å². The Bertz CT molecular complexity index is 707. The molecule has 3 rings (SSSR count). The van der Waals surface area contributed by atoms with Gasteiger partial charge in [-0.2, -0.15) is 17.0 Å². The Morgan fingerprint density at radius 3 is 2.52 bits per heavy atom. The molecule has 0 aliphatic carbocycles. The van der Waals surface area contributed by atoms with Gasteiger partial charge in [-0.15, -0.1) is 0 Å². The fourth-order valence-corrected chi connectivity index (χ4v) is 5.92. The summed E-state index contributed by atoms with van der Waals surface area (Å²) in [6, 6.07) is 5.43. The lowest BCUT2D eigenvalue weighted by atomic mass is 10.0. The number of methoxy groups -OCH3 is 2. The molecule has 140 valence electrons. The van der Waals surface area contributed by atoms with Crippen molar-refractivity contribution in [2.45, 2.75) is 38.6 Å². The molecule has 1 aromatic carbocycles. The summed E-state index contributed by atoms with van der Waals surface area (Å²) in [6.45, 7) is 3.92. The van der Waals surface area contributed by atoms with Crippen LogP contribution in [-0.4, -0.2) is 50.9 Å². The van der Waals surface area contributed by atoms with E-state index in [-0.39, 0.29) is 6.04 Å². The van der Waals surface area contributed by atoms with Crippen molar-refractivity contribution < 1.29 is 17.9 Å². The van der Waals surface area contributed by atoms with E-state index >= 15 is 0 Å². The minimum Gasteiger partial charge on any atom is -0.497 e. The largest absolute Gasteiger partial charge is 0.497 e. The van der Waals surface area contributed by atoms with Crippen LogP contribution < -0.4 is 9.47 Å². The van der Waals surface area contributed by atoms with E-state index in [1.807, 2.05) is 18.2 Å². The molecule has 2 aliphatic heterocycles. The van der Waals surface area contributed by atoms with Gasteiger partial charge in [-0.3, -0.25) is 0 Å². The maximum atomic E-state index is 13.2. The molecule has 0 unspecified atom stereocenters. The number of hydrogen-bond donors (Lipinski definition) is 0. The summed E-state index contributed by atoms with van der Waals surface area (Å²) in [5.74, 6) is 1.80. The van der Waals surface area contributed by atoms with Gasteiger partial charge in [0.1, 0.15) is 11.5 Å². The van der Waals surface area contributed by atoms with Crippen LogP contribution in [0.4, 0.5) is 0 Å². The monoisotopic (exact) mass is 368 g/mol. The first-order valence-corrected chi connectivity index (χ1v) is 10.4. The molecule has 25 heavy (non-hydrogen) atoms. The number of benzene rings is 1. The van der Waals surface area contributed by atoms with Gasteiger partial charge in [0.15, 0.2) is 0 Å². The number of ether oxygens (including phenoxy) is 2. The fourth-order valence-electron chi connectivity index (χ4n) is 3.92. The zero-order chi connectivity index (χ0) is 18.0. The molecule has 0 saturated carbocycles. The molecule has 2 fully saturated rings. The smallest absolute Gasteiger partial charge is 0.282 e. The van der Waals surface area contributed by atoms with Crippen molar-refractivity contribution in [3.8, 4) is 11.5 Å². The molecular weight excluding hydrogens is 340 g/mol. The molecule has 7 heteroatoms. The minimum absolute atomic E-state index is 0.178. The molecule has 0 N–H and O–H groups in total. The summed E-state index contributed by atoms with van der Waals surface area (Å²) in [5.41, 5.74) is 0.912. The summed E-state index contributed by atoms with van der Waals surface area (Å²) >= 11 is 0. The van der Waals surface area contributed by atoms with Gasteiger partial charge in [-0.05, 0) is 37.7 Å². The van der Waals surface area contributed by atoms with Crippen LogP contribution in [0.5, 0.6) is 11.5 Å². The Kier molecular flexibility index (Phi) is 5.55. The highest BCUT2D eigenvalue weighted by atomic mass is 32.2. The van der Waals surface area contributed by atoms with E-state index in [1.54, 1.807) is 22.8 Å². The molecular formula is C18H28N2O4S. The molecule has 0 amide bonds. The average Bonchev–Trinajstić information content (AvgIpc) is 3.11. The van der Waals surface area contributed by atoms with Crippen LogP contribution in [0.15, 0.2) is 18.2 Å². The van der Waals surface area contributed by atoms with Crippen LogP contribution in [0.1, 0.15) is 44.2 Å². The van der Waals surface area contributed by atoms with Gasteiger partial charge in [-0.25, -0.2) is 0 Å². The SMILES string of the molecule is COc1ccc([C@@H]2CCCN2S(=O)(=O)N2CCC[C@@H](C)C2)c(OC)c1. The first-order chi connectivity index (χ1) is 12.0. The molecule has 2 saturated heterocycles. The Balaban J connectivity index is 1.90. The predicted molar refractivity (Wildman–Crippen MR) is 97.1 cm³/mol. The summed E-state index contributed by atoms with van der Waals surface area (Å²) in [5, 5.41) is 0. The van der Waals surface area contributed by atoms with E-state index < -0.39 is 10.2 Å². The number of nitrogens with zero attached hydrogens (tertiary/aromatic N) is 2. The Morgan fingerprint density at radius 1 is 1.08 bits per heavy atom. The van der Waals surface area contributed by atoms with Crippen molar-refractivity contribution in [3.63, 3.8) is 0 Å². The minimum atomic E-state index is -3.45. The number of hydrogen-bond acceptors (Lipinski definition) is 4. The highest BCUT2D eigenvalue weighted by Gasteiger charge is 2.40. The van der Waals surface area contributed by atoms with Gasteiger partial charge in [0.25, 0.3) is 10.2 Å². The van der Waals surface area contributed by atoms with Crippen LogP contribution in [-0.2, 0) is 10.2 Å². The van der Waals surface area contributed by atoms with E-state index in [1.165, 1.54) is 0 Å².